The predicted octanol–water partition coefficient (Wildman–Crippen LogP) is 2.19. The van der Waals surface area contributed by atoms with E-state index in [1.807, 2.05) is 37.4 Å². The third kappa shape index (κ3) is 2.18. The minimum atomic E-state index is -0.601. The van der Waals surface area contributed by atoms with E-state index in [1.165, 1.54) is 7.11 Å². The van der Waals surface area contributed by atoms with Crippen LogP contribution in [0.1, 0.15) is 23.7 Å². The summed E-state index contributed by atoms with van der Waals surface area (Å²) >= 11 is 0. The molecule has 1 aromatic carbocycles. The van der Waals surface area contributed by atoms with E-state index in [4.69, 9.17) is 4.74 Å². The number of aromatic amines is 1. The smallest absolute Gasteiger partial charge is 0.313 e. The van der Waals surface area contributed by atoms with Gasteiger partial charge in [-0.2, -0.15) is 0 Å². The van der Waals surface area contributed by atoms with Crippen molar-refractivity contribution in [1.29, 1.82) is 0 Å². The molecule has 1 saturated heterocycles. The van der Waals surface area contributed by atoms with Crippen LogP contribution in [0.3, 0.4) is 0 Å². The maximum Gasteiger partial charge on any atom is 0.313 e. The van der Waals surface area contributed by atoms with Crippen molar-refractivity contribution in [3.8, 4) is 0 Å². The SMILES string of the molecule is COC(=O)C1(C)CCN(C(=O)c2cccc3[nH]ccc23)C1. The van der Waals surface area contributed by atoms with Crippen LogP contribution in [0.15, 0.2) is 30.5 Å². The van der Waals surface area contributed by atoms with E-state index >= 15 is 0 Å². The second-order valence-electron chi connectivity index (χ2n) is 5.77. The van der Waals surface area contributed by atoms with Crippen molar-refractivity contribution in [3.63, 3.8) is 0 Å². The molecular weight excluding hydrogens is 268 g/mol. The summed E-state index contributed by atoms with van der Waals surface area (Å²) in [7, 11) is 1.39. The number of carbonyl (C=O) groups excluding carboxylic acids is 2. The van der Waals surface area contributed by atoms with E-state index in [0.29, 0.717) is 25.1 Å². The lowest BCUT2D eigenvalue weighted by Gasteiger charge is -2.22. The number of hydrogen-bond donors (Lipinski definition) is 1. The molecule has 110 valence electrons. The summed E-state index contributed by atoms with van der Waals surface area (Å²) in [5.74, 6) is -0.287. The lowest BCUT2D eigenvalue weighted by Crippen LogP contribution is -2.35. The van der Waals surface area contributed by atoms with Gasteiger partial charge in [-0.25, -0.2) is 0 Å². The molecule has 1 aromatic heterocycles. The second-order valence-corrected chi connectivity index (χ2v) is 5.77. The van der Waals surface area contributed by atoms with Crippen LogP contribution < -0.4 is 0 Å². The normalized spacial score (nSPS) is 21.7. The van der Waals surface area contributed by atoms with Gasteiger partial charge in [-0.15, -0.1) is 0 Å². The number of rotatable bonds is 2. The number of fused-ring (bicyclic) bond motifs is 1. The number of aromatic nitrogens is 1. The van der Waals surface area contributed by atoms with Gasteiger partial charge < -0.3 is 14.6 Å². The molecule has 1 atom stereocenters. The third-order valence-electron chi connectivity index (χ3n) is 4.26. The standard InChI is InChI=1S/C16H18N2O3/c1-16(15(20)21-2)7-9-18(10-16)14(19)12-4-3-5-13-11(12)6-8-17-13/h3-6,8,17H,7,9-10H2,1-2H3. The Morgan fingerprint density at radius 1 is 1.33 bits per heavy atom. The van der Waals surface area contributed by atoms with Crippen molar-refractivity contribution in [3.05, 3.63) is 36.0 Å². The van der Waals surface area contributed by atoms with Crippen LogP contribution in [0, 0.1) is 5.41 Å². The Balaban J connectivity index is 1.87. The molecule has 1 aliphatic heterocycles. The van der Waals surface area contributed by atoms with Crippen molar-refractivity contribution in [1.82, 2.24) is 9.88 Å². The van der Waals surface area contributed by atoms with Crippen LogP contribution in [-0.2, 0) is 9.53 Å². The molecule has 0 radical (unpaired) electrons. The molecule has 5 heteroatoms. The van der Waals surface area contributed by atoms with Gasteiger partial charge in [-0.05, 0) is 31.5 Å². The molecule has 1 amide bonds. The maximum atomic E-state index is 12.7. The summed E-state index contributed by atoms with van der Waals surface area (Å²) in [6.45, 7) is 2.83. The molecule has 0 spiro atoms. The monoisotopic (exact) mass is 286 g/mol. The molecule has 1 fully saturated rings. The molecule has 21 heavy (non-hydrogen) atoms. The number of nitrogens with one attached hydrogen (secondary N) is 1. The summed E-state index contributed by atoms with van der Waals surface area (Å²) in [5.41, 5.74) is 1.01. The lowest BCUT2D eigenvalue weighted by atomic mass is 9.90. The van der Waals surface area contributed by atoms with E-state index in [1.54, 1.807) is 4.90 Å². The molecule has 2 aromatic rings. The zero-order valence-corrected chi connectivity index (χ0v) is 12.2. The van der Waals surface area contributed by atoms with Crippen molar-refractivity contribution in [2.24, 2.45) is 5.41 Å². The lowest BCUT2D eigenvalue weighted by molar-refractivity contribution is -0.150. The van der Waals surface area contributed by atoms with Gasteiger partial charge in [0.05, 0.1) is 12.5 Å². The average molecular weight is 286 g/mol. The zero-order chi connectivity index (χ0) is 15.0. The molecule has 2 heterocycles. The number of ether oxygens (including phenoxy) is 1. The Labute approximate surface area is 122 Å². The highest BCUT2D eigenvalue weighted by atomic mass is 16.5. The van der Waals surface area contributed by atoms with E-state index in [9.17, 15) is 9.59 Å². The van der Waals surface area contributed by atoms with E-state index in [-0.39, 0.29) is 11.9 Å². The molecule has 1 aliphatic rings. The van der Waals surface area contributed by atoms with Crippen LogP contribution in [-0.4, -0.2) is 42.0 Å². The van der Waals surface area contributed by atoms with Gasteiger partial charge in [-0.3, -0.25) is 9.59 Å². The largest absolute Gasteiger partial charge is 0.469 e. The maximum absolute atomic E-state index is 12.7. The fraction of sp³-hybridized carbons (Fsp3) is 0.375. The van der Waals surface area contributed by atoms with Crippen molar-refractivity contribution in [2.45, 2.75) is 13.3 Å². The number of nitrogens with zero attached hydrogens (tertiary/aromatic N) is 1. The van der Waals surface area contributed by atoms with E-state index in [0.717, 1.165) is 10.9 Å². The summed E-state index contributed by atoms with van der Waals surface area (Å²) in [6, 6.07) is 7.53. The van der Waals surface area contributed by atoms with Gasteiger partial charge >= 0.3 is 5.97 Å². The molecule has 3 rings (SSSR count). The van der Waals surface area contributed by atoms with Crippen LogP contribution in [0.5, 0.6) is 0 Å². The molecule has 1 unspecified atom stereocenters. The van der Waals surface area contributed by atoms with E-state index < -0.39 is 5.41 Å². The second kappa shape index (κ2) is 4.91. The molecular formula is C16H18N2O3. The van der Waals surface area contributed by atoms with Gasteiger partial charge in [0.25, 0.3) is 5.91 Å². The fourth-order valence-corrected chi connectivity index (χ4v) is 2.99. The Bertz CT molecular complexity index is 706. The first-order valence-corrected chi connectivity index (χ1v) is 6.99. The Hall–Kier alpha value is -2.30. The molecule has 1 N–H and O–H groups in total. The summed E-state index contributed by atoms with van der Waals surface area (Å²) in [4.78, 5) is 29.4. The number of esters is 1. The molecule has 5 nitrogen and oxygen atoms in total. The highest BCUT2D eigenvalue weighted by Gasteiger charge is 2.43. The minimum absolute atomic E-state index is 0.0344. The third-order valence-corrected chi connectivity index (χ3v) is 4.26. The number of methoxy groups -OCH3 is 1. The van der Waals surface area contributed by atoms with Crippen molar-refractivity contribution >= 4 is 22.8 Å². The quantitative estimate of drug-likeness (QED) is 0.861. The minimum Gasteiger partial charge on any atom is -0.469 e. The topological polar surface area (TPSA) is 62.4 Å². The summed E-state index contributed by atoms with van der Waals surface area (Å²) < 4.78 is 4.85. The zero-order valence-electron chi connectivity index (χ0n) is 12.2. The highest BCUT2D eigenvalue weighted by Crippen LogP contribution is 2.32. The fourth-order valence-electron chi connectivity index (χ4n) is 2.99. The Morgan fingerprint density at radius 2 is 2.14 bits per heavy atom. The Morgan fingerprint density at radius 3 is 2.90 bits per heavy atom. The number of hydrogen-bond acceptors (Lipinski definition) is 3. The first-order chi connectivity index (χ1) is 10.0. The van der Waals surface area contributed by atoms with Gasteiger partial charge in [-0.1, -0.05) is 6.07 Å². The van der Waals surface area contributed by atoms with Crippen molar-refractivity contribution in [2.75, 3.05) is 20.2 Å². The number of likely N-dealkylation sites (tertiary alicyclic amines) is 1. The van der Waals surface area contributed by atoms with Gasteiger partial charge in [0.15, 0.2) is 0 Å². The first kappa shape index (κ1) is 13.7. The van der Waals surface area contributed by atoms with Gasteiger partial charge in [0.1, 0.15) is 0 Å². The van der Waals surface area contributed by atoms with Crippen LogP contribution in [0.4, 0.5) is 0 Å². The average Bonchev–Trinajstić information content (AvgIpc) is 3.12. The first-order valence-electron chi connectivity index (χ1n) is 6.99. The summed E-state index contributed by atoms with van der Waals surface area (Å²) in [5, 5.41) is 0.911. The Kier molecular flexibility index (Phi) is 3.20. The van der Waals surface area contributed by atoms with Gasteiger partial charge in [0, 0.05) is 35.8 Å². The molecule has 0 aliphatic carbocycles. The molecule has 0 bridgehead atoms. The number of H-pyrrole nitrogens is 1. The molecule has 0 saturated carbocycles. The number of amides is 1. The number of carbonyl (C=O) groups is 2. The van der Waals surface area contributed by atoms with Crippen LogP contribution >= 0.6 is 0 Å². The number of benzene rings is 1. The van der Waals surface area contributed by atoms with Crippen LogP contribution in [0.2, 0.25) is 0 Å². The summed E-state index contributed by atoms with van der Waals surface area (Å²) in [6.07, 6.45) is 2.46. The predicted molar refractivity (Wildman–Crippen MR) is 78.9 cm³/mol. The van der Waals surface area contributed by atoms with E-state index in [2.05, 4.69) is 4.98 Å². The van der Waals surface area contributed by atoms with Crippen molar-refractivity contribution < 1.29 is 14.3 Å². The van der Waals surface area contributed by atoms with Crippen LogP contribution in [0.25, 0.3) is 10.9 Å². The van der Waals surface area contributed by atoms with Gasteiger partial charge in [0.2, 0.25) is 0 Å². The highest BCUT2D eigenvalue weighted by molar-refractivity contribution is 6.06.